The second-order valence-electron chi connectivity index (χ2n) is 5.20. The summed E-state index contributed by atoms with van der Waals surface area (Å²) in [7, 11) is 0. The maximum Gasteiger partial charge on any atom is 0.0207 e. The molecule has 0 bridgehead atoms. The van der Waals surface area contributed by atoms with Crippen LogP contribution in [0.4, 0.5) is 0 Å². The van der Waals surface area contributed by atoms with Gasteiger partial charge in [0.05, 0.1) is 0 Å². The van der Waals surface area contributed by atoms with Gasteiger partial charge in [-0.25, -0.2) is 0 Å². The van der Waals surface area contributed by atoms with E-state index in [1.54, 1.807) is 0 Å². The maximum absolute atomic E-state index is 3.60. The van der Waals surface area contributed by atoms with Gasteiger partial charge in [-0.3, -0.25) is 0 Å². The van der Waals surface area contributed by atoms with Gasteiger partial charge in [-0.05, 0) is 36.8 Å². The Morgan fingerprint density at radius 1 is 1.00 bits per heavy atom. The molecule has 0 radical (unpaired) electrons. The van der Waals surface area contributed by atoms with Crippen molar-refractivity contribution < 1.29 is 0 Å². The second-order valence-corrected chi connectivity index (χ2v) is 5.20. The van der Waals surface area contributed by atoms with Crippen LogP contribution in [0.5, 0.6) is 0 Å². The summed E-state index contributed by atoms with van der Waals surface area (Å²) in [5, 5.41) is 3.60. The molecule has 0 fully saturated rings. The van der Waals surface area contributed by atoms with Crippen LogP contribution in [-0.4, -0.2) is 6.04 Å². The summed E-state index contributed by atoms with van der Waals surface area (Å²) in [4.78, 5) is 0. The van der Waals surface area contributed by atoms with Crippen LogP contribution in [0.25, 0.3) is 0 Å². The molecule has 17 heavy (non-hydrogen) atoms. The summed E-state index contributed by atoms with van der Waals surface area (Å²) >= 11 is 0. The van der Waals surface area contributed by atoms with Crippen molar-refractivity contribution in [1.82, 2.24) is 5.32 Å². The van der Waals surface area contributed by atoms with Crippen molar-refractivity contribution in [3.63, 3.8) is 0 Å². The summed E-state index contributed by atoms with van der Waals surface area (Å²) in [5.74, 6) is 0.819. The molecule has 2 atom stereocenters. The number of hydrogen-bond donors (Lipinski definition) is 1. The van der Waals surface area contributed by atoms with E-state index in [0.29, 0.717) is 6.04 Å². The van der Waals surface area contributed by atoms with Crippen LogP contribution >= 0.6 is 0 Å². The highest BCUT2D eigenvalue weighted by Crippen LogP contribution is 2.10. The minimum absolute atomic E-state index is 0.607. The smallest absolute Gasteiger partial charge is 0.0207 e. The Bertz CT molecular complexity index is 302. The molecule has 1 aromatic rings. The molecule has 0 spiro atoms. The fourth-order valence-corrected chi connectivity index (χ4v) is 2.04. The molecule has 1 aromatic carbocycles. The number of benzene rings is 1. The van der Waals surface area contributed by atoms with E-state index in [-0.39, 0.29) is 0 Å². The van der Waals surface area contributed by atoms with Crippen LogP contribution < -0.4 is 5.32 Å². The fourth-order valence-electron chi connectivity index (χ4n) is 2.04. The van der Waals surface area contributed by atoms with E-state index >= 15 is 0 Å². The van der Waals surface area contributed by atoms with Crippen molar-refractivity contribution >= 4 is 0 Å². The number of rotatable bonds is 7. The van der Waals surface area contributed by atoms with Crippen molar-refractivity contribution in [2.45, 2.75) is 59.5 Å². The van der Waals surface area contributed by atoms with E-state index in [4.69, 9.17) is 0 Å². The van der Waals surface area contributed by atoms with E-state index in [0.717, 1.165) is 18.9 Å². The zero-order valence-electron chi connectivity index (χ0n) is 11.8. The molecule has 0 aliphatic heterocycles. The predicted octanol–water partition coefficient (Wildman–Crippen LogP) is 4.16. The lowest BCUT2D eigenvalue weighted by Gasteiger charge is -2.17. The van der Waals surface area contributed by atoms with Gasteiger partial charge in [-0.15, -0.1) is 0 Å². The van der Waals surface area contributed by atoms with E-state index < -0.39 is 0 Å². The Hall–Kier alpha value is -0.820. The Morgan fingerprint density at radius 2 is 1.59 bits per heavy atom. The van der Waals surface area contributed by atoms with Crippen LogP contribution in [0, 0.1) is 5.92 Å². The van der Waals surface area contributed by atoms with Gasteiger partial charge in [0, 0.05) is 12.6 Å². The number of hydrogen-bond acceptors (Lipinski definition) is 1. The average Bonchev–Trinajstić information content (AvgIpc) is 2.36. The highest BCUT2D eigenvalue weighted by Gasteiger charge is 2.06. The van der Waals surface area contributed by atoms with Gasteiger partial charge in [0.2, 0.25) is 0 Å². The first-order valence-corrected chi connectivity index (χ1v) is 6.96. The monoisotopic (exact) mass is 233 g/mol. The minimum atomic E-state index is 0.607. The molecule has 0 heterocycles. The minimum Gasteiger partial charge on any atom is -0.310 e. The third-order valence-corrected chi connectivity index (χ3v) is 3.54. The van der Waals surface area contributed by atoms with Crippen LogP contribution in [0.1, 0.15) is 51.7 Å². The summed E-state index contributed by atoms with van der Waals surface area (Å²) in [6.45, 7) is 10.1. The lowest BCUT2D eigenvalue weighted by atomic mass is 10.0. The standard InChI is InChI=1S/C16H27N/c1-5-13(3)11-14(4)17-12-16-9-7-15(6-2)8-10-16/h7-10,13-14,17H,5-6,11-12H2,1-4H3. The van der Waals surface area contributed by atoms with Gasteiger partial charge in [-0.1, -0.05) is 51.5 Å². The van der Waals surface area contributed by atoms with Gasteiger partial charge < -0.3 is 5.32 Å². The van der Waals surface area contributed by atoms with Crippen LogP contribution in [-0.2, 0) is 13.0 Å². The first-order chi connectivity index (χ1) is 8.15. The third kappa shape index (κ3) is 5.36. The maximum atomic E-state index is 3.60. The largest absolute Gasteiger partial charge is 0.310 e. The van der Waals surface area contributed by atoms with Gasteiger partial charge in [0.25, 0.3) is 0 Å². The third-order valence-electron chi connectivity index (χ3n) is 3.54. The Kier molecular flexibility index (Phi) is 6.28. The summed E-state index contributed by atoms with van der Waals surface area (Å²) < 4.78 is 0. The Morgan fingerprint density at radius 3 is 2.12 bits per heavy atom. The molecule has 1 heteroatoms. The van der Waals surface area contributed by atoms with E-state index in [1.807, 2.05) is 0 Å². The molecule has 0 aliphatic rings. The Labute approximate surface area is 107 Å². The lowest BCUT2D eigenvalue weighted by molar-refractivity contribution is 0.412. The first kappa shape index (κ1) is 14.2. The SMILES string of the molecule is CCc1ccc(CNC(C)CC(C)CC)cc1. The number of aryl methyl sites for hydroxylation is 1. The van der Waals surface area contributed by atoms with Crippen molar-refractivity contribution in [2.24, 2.45) is 5.92 Å². The quantitative estimate of drug-likeness (QED) is 0.745. The van der Waals surface area contributed by atoms with Crippen LogP contribution in [0.15, 0.2) is 24.3 Å². The molecule has 1 N–H and O–H groups in total. The number of nitrogens with one attached hydrogen (secondary N) is 1. The van der Waals surface area contributed by atoms with E-state index in [2.05, 4.69) is 57.3 Å². The van der Waals surface area contributed by atoms with Crippen LogP contribution in [0.3, 0.4) is 0 Å². The zero-order valence-corrected chi connectivity index (χ0v) is 11.8. The van der Waals surface area contributed by atoms with Crippen LogP contribution in [0.2, 0.25) is 0 Å². The van der Waals surface area contributed by atoms with Gasteiger partial charge in [0.1, 0.15) is 0 Å². The predicted molar refractivity (Wildman–Crippen MR) is 76.2 cm³/mol. The highest BCUT2D eigenvalue weighted by molar-refractivity contribution is 5.22. The molecule has 96 valence electrons. The van der Waals surface area contributed by atoms with Gasteiger partial charge in [0.15, 0.2) is 0 Å². The Balaban J connectivity index is 2.34. The molecule has 0 saturated carbocycles. The first-order valence-electron chi connectivity index (χ1n) is 6.96. The van der Waals surface area contributed by atoms with E-state index in [1.165, 1.54) is 24.0 Å². The molecule has 0 aromatic heterocycles. The lowest BCUT2D eigenvalue weighted by Crippen LogP contribution is -2.27. The molecule has 1 nitrogen and oxygen atoms in total. The van der Waals surface area contributed by atoms with Crippen molar-refractivity contribution in [1.29, 1.82) is 0 Å². The molecule has 0 aliphatic carbocycles. The molecule has 0 amide bonds. The molecular weight excluding hydrogens is 206 g/mol. The molecule has 0 saturated heterocycles. The fraction of sp³-hybridized carbons (Fsp3) is 0.625. The summed E-state index contributed by atoms with van der Waals surface area (Å²) in [5.41, 5.74) is 2.81. The average molecular weight is 233 g/mol. The molecule has 1 rings (SSSR count). The topological polar surface area (TPSA) is 12.0 Å². The highest BCUT2D eigenvalue weighted by atomic mass is 14.9. The van der Waals surface area contributed by atoms with Gasteiger partial charge in [-0.2, -0.15) is 0 Å². The second kappa shape index (κ2) is 7.50. The van der Waals surface area contributed by atoms with Crippen molar-refractivity contribution in [3.8, 4) is 0 Å². The van der Waals surface area contributed by atoms with E-state index in [9.17, 15) is 0 Å². The van der Waals surface area contributed by atoms with Crippen molar-refractivity contribution in [2.75, 3.05) is 0 Å². The molecule has 2 unspecified atom stereocenters. The van der Waals surface area contributed by atoms with Gasteiger partial charge >= 0.3 is 0 Å². The molecular formula is C16H27N. The normalized spacial score (nSPS) is 14.6. The zero-order chi connectivity index (χ0) is 12.7. The van der Waals surface area contributed by atoms with Crippen molar-refractivity contribution in [3.05, 3.63) is 35.4 Å². The summed E-state index contributed by atoms with van der Waals surface area (Å²) in [6.07, 6.45) is 3.67. The summed E-state index contributed by atoms with van der Waals surface area (Å²) in [6, 6.07) is 9.55.